The predicted octanol–water partition coefficient (Wildman–Crippen LogP) is 3.39. The Morgan fingerprint density at radius 2 is 1.85 bits per heavy atom. The number of urea groups is 1. The molecule has 0 spiro atoms. The Balaban J connectivity index is 1.96. The Bertz CT molecular complexity index is 710. The molecule has 1 fully saturated rings. The maximum absolute atomic E-state index is 12.8. The van der Waals surface area contributed by atoms with Gasteiger partial charge >= 0.3 is 12.0 Å². The number of carbonyl (C=O) groups excluding carboxylic acids is 2. The minimum Gasteiger partial charge on any atom is -0.463 e. The number of rotatable bonds is 5. The zero-order valence-corrected chi connectivity index (χ0v) is 16.3. The molecule has 1 aromatic rings. The largest absolute Gasteiger partial charge is 0.463 e. The molecule has 2 heterocycles. The van der Waals surface area contributed by atoms with Gasteiger partial charge in [-0.05, 0) is 50.6 Å². The Hall–Kier alpha value is -2.05. The maximum atomic E-state index is 12.8. The predicted molar refractivity (Wildman–Crippen MR) is 104 cm³/mol. The van der Waals surface area contributed by atoms with Crippen LogP contribution in [0.3, 0.4) is 0 Å². The molecule has 1 saturated heterocycles. The average molecular weight is 392 g/mol. The molecule has 6 nitrogen and oxygen atoms in total. The lowest BCUT2D eigenvalue weighted by Gasteiger charge is -2.32. The highest BCUT2D eigenvalue weighted by Gasteiger charge is 2.34. The van der Waals surface area contributed by atoms with E-state index in [0.717, 1.165) is 31.5 Å². The zero-order valence-electron chi connectivity index (χ0n) is 15.6. The van der Waals surface area contributed by atoms with Crippen LogP contribution in [0, 0.1) is 0 Å². The summed E-state index contributed by atoms with van der Waals surface area (Å²) >= 11 is 5.99. The minimum absolute atomic E-state index is 0.278. The molecule has 0 unspecified atom stereocenters. The third kappa shape index (κ3) is 5.02. The number of esters is 1. The van der Waals surface area contributed by atoms with Gasteiger partial charge in [-0.25, -0.2) is 9.59 Å². The number of carbonyl (C=O) groups is 2. The molecular weight excluding hydrogens is 366 g/mol. The maximum Gasteiger partial charge on any atom is 0.338 e. The number of nitrogens with one attached hydrogen (secondary N) is 2. The summed E-state index contributed by atoms with van der Waals surface area (Å²) < 4.78 is 5.30. The lowest BCUT2D eigenvalue weighted by molar-refractivity contribution is -0.139. The first-order chi connectivity index (χ1) is 13.1. The highest BCUT2D eigenvalue weighted by atomic mass is 35.5. The number of halogens is 1. The Kier molecular flexibility index (Phi) is 6.74. The summed E-state index contributed by atoms with van der Waals surface area (Å²) in [6.07, 6.45) is 4.72. The number of ether oxygens (including phenoxy) is 1. The van der Waals surface area contributed by atoms with Crippen molar-refractivity contribution in [1.82, 2.24) is 15.5 Å². The van der Waals surface area contributed by atoms with Crippen LogP contribution in [-0.2, 0) is 9.53 Å². The van der Waals surface area contributed by atoms with E-state index in [0.29, 0.717) is 22.8 Å². The molecule has 3 rings (SSSR count). The number of nitrogens with zero attached hydrogens (tertiary/aromatic N) is 1. The van der Waals surface area contributed by atoms with Gasteiger partial charge in [0.05, 0.1) is 18.2 Å². The average Bonchev–Trinajstić information content (AvgIpc) is 2.90. The van der Waals surface area contributed by atoms with Crippen molar-refractivity contribution in [3.8, 4) is 0 Å². The normalized spacial score (nSPS) is 21.3. The lowest BCUT2D eigenvalue weighted by atomic mass is 9.95. The van der Waals surface area contributed by atoms with Gasteiger partial charge in [0.15, 0.2) is 0 Å². The van der Waals surface area contributed by atoms with E-state index in [9.17, 15) is 9.59 Å². The van der Waals surface area contributed by atoms with Crippen molar-refractivity contribution in [2.24, 2.45) is 0 Å². The van der Waals surface area contributed by atoms with E-state index in [2.05, 4.69) is 15.5 Å². The van der Waals surface area contributed by atoms with Gasteiger partial charge in [0.1, 0.15) is 0 Å². The summed E-state index contributed by atoms with van der Waals surface area (Å²) in [5.74, 6) is -0.408. The summed E-state index contributed by atoms with van der Waals surface area (Å²) in [6, 6.07) is 6.28. The first kappa shape index (κ1) is 19.7. The first-order valence-electron chi connectivity index (χ1n) is 9.54. The summed E-state index contributed by atoms with van der Waals surface area (Å²) in [6.45, 7) is 4.52. The number of hydrogen-bond donors (Lipinski definition) is 2. The van der Waals surface area contributed by atoms with Gasteiger partial charge in [-0.15, -0.1) is 0 Å². The van der Waals surface area contributed by atoms with Crippen LogP contribution < -0.4 is 10.6 Å². The third-order valence-corrected chi connectivity index (χ3v) is 5.18. The summed E-state index contributed by atoms with van der Waals surface area (Å²) in [7, 11) is 0. The molecule has 1 atom stereocenters. The number of hydrogen-bond acceptors (Lipinski definition) is 4. The first-order valence-corrected chi connectivity index (χ1v) is 9.91. The third-order valence-electron chi connectivity index (χ3n) is 4.93. The SMILES string of the molecule is CCOC(=O)C1=C(CN2CCCCCC2)NC(=O)N[C@@H]1c1ccc(Cl)cc1. The van der Waals surface area contributed by atoms with E-state index in [1.54, 1.807) is 19.1 Å². The van der Waals surface area contributed by atoms with Gasteiger partial charge < -0.3 is 15.4 Å². The molecule has 27 heavy (non-hydrogen) atoms. The quantitative estimate of drug-likeness (QED) is 0.755. The second-order valence-electron chi connectivity index (χ2n) is 6.89. The van der Waals surface area contributed by atoms with E-state index in [4.69, 9.17) is 16.3 Å². The summed E-state index contributed by atoms with van der Waals surface area (Å²) in [5.41, 5.74) is 1.88. The van der Waals surface area contributed by atoms with E-state index >= 15 is 0 Å². The van der Waals surface area contributed by atoms with Gasteiger partial charge in [0, 0.05) is 17.3 Å². The van der Waals surface area contributed by atoms with Crippen LogP contribution in [-0.4, -0.2) is 43.1 Å². The summed E-state index contributed by atoms with van der Waals surface area (Å²) in [5, 5.41) is 6.30. The van der Waals surface area contributed by atoms with Gasteiger partial charge in [-0.1, -0.05) is 36.6 Å². The topological polar surface area (TPSA) is 70.7 Å². The lowest BCUT2D eigenvalue weighted by Crippen LogP contribution is -2.48. The molecular formula is C20H26ClN3O3. The van der Waals surface area contributed by atoms with E-state index in [1.165, 1.54) is 12.8 Å². The monoisotopic (exact) mass is 391 g/mol. The second-order valence-corrected chi connectivity index (χ2v) is 7.32. The molecule has 7 heteroatoms. The number of benzene rings is 1. The van der Waals surface area contributed by atoms with E-state index < -0.39 is 12.0 Å². The van der Waals surface area contributed by atoms with E-state index in [-0.39, 0.29) is 12.6 Å². The molecule has 2 N–H and O–H groups in total. The standard InChI is InChI=1S/C20H26ClN3O3/c1-2-27-19(25)17-16(13-24-11-5-3-4-6-12-24)22-20(26)23-18(17)14-7-9-15(21)10-8-14/h7-10,18H,2-6,11-13H2,1H3,(H2,22,23,26)/t18-/m1/s1. The van der Waals surface area contributed by atoms with Crippen molar-refractivity contribution >= 4 is 23.6 Å². The fourth-order valence-electron chi connectivity index (χ4n) is 3.62. The molecule has 2 aliphatic heterocycles. The zero-order chi connectivity index (χ0) is 19.2. The van der Waals surface area contributed by atoms with Crippen molar-refractivity contribution in [2.75, 3.05) is 26.2 Å². The van der Waals surface area contributed by atoms with Crippen LogP contribution >= 0.6 is 11.6 Å². The van der Waals surface area contributed by atoms with Crippen LogP contribution in [0.5, 0.6) is 0 Å². The molecule has 146 valence electrons. The smallest absolute Gasteiger partial charge is 0.338 e. The van der Waals surface area contributed by atoms with Crippen molar-refractivity contribution in [3.63, 3.8) is 0 Å². The van der Waals surface area contributed by atoms with Crippen molar-refractivity contribution in [1.29, 1.82) is 0 Å². The van der Waals surface area contributed by atoms with Crippen LogP contribution in [0.15, 0.2) is 35.5 Å². The highest BCUT2D eigenvalue weighted by Crippen LogP contribution is 2.29. The van der Waals surface area contributed by atoms with E-state index in [1.807, 2.05) is 12.1 Å². The van der Waals surface area contributed by atoms with Crippen molar-refractivity contribution in [2.45, 2.75) is 38.6 Å². The van der Waals surface area contributed by atoms with Crippen LogP contribution in [0.1, 0.15) is 44.2 Å². The molecule has 0 aliphatic carbocycles. The van der Waals surface area contributed by atoms with Crippen molar-refractivity contribution < 1.29 is 14.3 Å². The highest BCUT2D eigenvalue weighted by molar-refractivity contribution is 6.30. The molecule has 0 saturated carbocycles. The van der Waals surface area contributed by atoms with Gasteiger partial charge in [-0.3, -0.25) is 4.90 Å². The fourth-order valence-corrected chi connectivity index (χ4v) is 3.74. The Morgan fingerprint density at radius 3 is 2.48 bits per heavy atom. The number of amides is 2. The molecule has 2 amide bonds. The van der Waals surface area contributed by atoms with Gasteiger partial charge in [0.25, 0.3) is 0 Å². The fraction of sp³-hybridized carbons (Fsp3) is 0.500. The molecule has 0 bridgehead atoms. The van der Waals surface area contributed by atoms with Crippen LogP contribution in [0.4, 0.5) is 4.79 Å². The summed E-state index contributed by atoms with van der Waals surface area (Å²) in [4.78, 5) is 27.4. The van der Waals surface area contributed by atoms with Gasteiger partial charge in [-0.2, -0.15) is 0 Å². The number of likely N-dealkylation sites (tertiary alicyclic amines) is 1. The molecule has 0 radical (unpaired) electrons. The minimum atomic E-state index is -0.558. The van der Waals surface area contributed by atoms with Crippen LogP contribution in [0.25, 0.3) is 0 Å². The second kappa shape index (κ2) is 9.24. The molecule has 0 aromatic heterocycles. The molecule has 1 aromatic carbocycles. The van der Waals surface area contributed by atoms with Crippen molar-refractivity contribution in [3.05, 3.63) is 46.1 Å². The Labute approximate surface area is 164 Å². The Morgan fingerprint density at radius 1 is 1.19 bits per heavy atom. The van der Waals surface area contributed by atoms with Gasteiger partial charge in [0.2, 0.25) is 0 Å². The van der Waals surface area contributed by atoms with Crippen LogP contribution in [0.2, 0.25) is 5.02 Å². The molecule has 2 aliphatic rings.